The molecule has 2 unspecified atom stereocenters. The molecule has 0 aromatic heterocycles. The topological polar surface area (TPSA) is 34.2 Å². The third-order valence-electron chi connectivity index (χ3n) is 6.57. The van der Waals surface area contributed by atoms with Crippen molar-refractivity contribution in [3.8, 4) is 11.5 Å². The second kappa shape index (κ2) is 11.5. The van der Waals surface area contributed by atoms with E-state index < -0.39 is 0 Å². The highest BCUT2D eigenvalue weighted by Crippen LogP contribution is 2.44. The highest BCUT2D eigenvalue weighted by atomic mass is 32.2. The van der Waals surface area contributed by atoms with Gasteiger partial charge >= 0.3 is 0 Å². The summed E-state index contributed by atoms with van der Waals surface area (Å²) in [6.45, 7) is 9.32. The smallest absolute Gasteiger partial charge is 0.161 e. The van der Waals surface area contributed by atoms with Crippen LogP contribution < -0.4 is 14.4 Å². The number of thioether (sulfide) groups is 1. The van der Waals surface area contributed by atoms with Gasteiger partial charge in [0.05, 0.1) is 38.6 Å². The Bertz CT molecular complexity index is 901. The lowest BCUT2D eigenvalue weighted by Crippen LogP contribution is -2.48. The molecule has 180 valence electrons. The van der Waals surface area contributed by atoms with Crippen LogP contribution in [0.25, 0.3) is 0 Å². The number of benzene rings is 2. The van der Waals surface area contributed by atoms with Crippen LogP contribution in [0.5, 0.6) is 11.5 Å². The molecule has 0 amide bonds. The summed E-state index contributed by atoms with van der Waals surface area (Å²) >= 11 is 1.94. The molecule has 5 nitrogen and oxygen atoms in total. The molecule has 2 aliphatic heterocycles. The van der Waals surface area contributed by atoms with Crippen LogP contribution in [0.3, 0.4) is 0 Å². The van der Waals surface area contributed by atoms with Crippen LogP contribution in [0, 0.1) is 5.92 Å². The number of hydrogen-bond acceptors (Lipinski definition) is 6. The third-order valence-corrected chi connectivity index (χ3v) is 7.70. The van der Waals surface area contributed by atoms with E-state index in [1.165, 1.54) is 42.1 Å². The standard InChI is InChI=1S/C27H38N2O3S/c1-20(2)17-32-18-22(28-13-7-8-14-28)16-29-23-9-5-6-10-27(23)33-19-24(29)21-11-12-25(30-3)26(15-21)31-4/h5-6,9-12,15,20,22,24H,7-8,13-14,16-19H2,1-4H3. The molecule has 0 radical (unpaired) electrons. The molecule has 2 aliphatic rings. The van der Waals surface area contributed by atoms with Crippen molar-refractivity contribution in [3.05, 3.63) is 48.0 Å². The monoisotopic (exact) mass is 470 g/mol. The van der Waals surface area contributed by atoms with Gasteiger partial charge in [0.25, 0.3) is 0 Å². The largest absolute Gasteiger partial charge is 0.493 e. The van der Waals surface area contributed by atoms with Crippen LogP contribution in [-0.4, -0.2) is 63.8 Å². The maximum Gasteiger partial charge on any atom is 0.161 e. The summed E-state index contributed by atoms with van der Waals surface area (Å²) in [5.41, 5.74) is 2.58. The number of rotatable bonds is 10. The minimum atomic E-state index is 0.264. The first-order chi connectivity index (χ1) is 16.1. The van der Waals surface area contributed by atoms with Gasteiger partial charge in [-0.3, -0.25) is 4.90 Å². The van der Waals surface area contributed by atoms with Gasteiger partial charge in [-0.1, -0.05) is 32.0 Å². The normalized spacial score (nSPS) is 19.5. The van der Waals surface area contributed by atoms with Crippen molar-refractivity contribution < 1.29 is 14.2 Å². The molecule has 0 N–H and O–H groups in total. The fourth-order valence-corrected chi connectivity index (χ4v) is 6.07. The van der Waals surface area contributed by atoms with E-state index in [0.29, 0.717) is 12.0 Å². The summed E-state index contributed by atoms with van der Waals surface area (Å²) in [4.78, 5) is 6.60. The first-order valence-corrected chi connectivity index (χ1v) is 13.1. The van der Waals surface area contributed by atoms with E-state index in [2.05, 4.69) is 60.0 Å². The molecule has 2 aromatic rings. The molecule has 0 aliphatic carbocycles. The molecule has 4 rings (SSSR count). The minimum Gasteiger partial charge on any atom is -0.493 e. The molecule has 0 spiro atoms. The fourth-order valence-electron chi connectivity index (χ4n) is 4.85. The van der Waals surface area contributed by atoms with Crippen molar-refractivity contribution in [1.29, 1.82) is 0 Å². The second-order valence-electron chi connectivity index (χ2n) is 9.39. The Hall–Kier alpha value is -1.89. The van der Waals surface area contributed by atoms with Gasteiger partial charge in [0.2, 0.25) is 0 Å². The zero-order valence-corrected chi connectivity index (χ0v) is 21.3. The predicted octanol–water partition coefficient (Wildman–Crippen LogP) is 5.49. The van der Waals surface area contributed by atoms with E-state index >= 15 is 0 Å². The zero-order chi connectivity index (χ0) is 23.2. The molecule has 2 aromatic carbocycles. The summed E-state index contributed by atoms with van der Waals surface area (Å²) in [7, 11) is 3.40. The average molecular weight is 471 g/mol. The Morgan fingerprint density at radius 1 is 0.970 bits per heavy atom. The Balaban J connectivity index is 1.64. The van der Waals surface area contributed by atoms with E-state index in [0.717, 1.165) is 37.0 Å². The quantitative estimate of drug-likeness (QED) is 0.457. The third kappa shape index (κ3) is 5.79. The van der Waals surface area contributed by atoms with Gasteiger partial charge in [-0.15, -0.1) is 11.8 Å². The van der Waals surface area contributed by atoms with Gasteiger partial charge in [0.15, 0.2) is 11.5 Å². The zero-order valence-electron chi connectivity index (χ0n) is 20.5. The van der Waals surface area contributed by atoms with Crippen LogP contribution in [0.1, 0.15) is 38.3 Å². The molecule has 1 fully saturated rings. The predicted molar refractivity (Wildman–Crippen MR) is 137 cm³/mol. The van der Waals surface area contributed by atoms with E-state index in [-0.39, 0.29) is 6.04 Å². The lowest BCUT2D eigenvalue weighted by Gasteiger charge is -2.42. The van der Waals surface area contributed by atoms with Gasteiger partial charge in [-0.05, 0) is 61.7 Å². The summed E-state index contributed by atoms with van der Waals surface area (Å²) in [5.74, 6) is 3.12. The van der Waals surface area contributed by atoms with E-state index in [1.54, 1.807) is 14.2 Å². The van der Waals surface area contributed by atoms with Crippen molar-refractivity contribution in [2.75, 3.05) is 57.7 Å². The van der Waals surface area contributed by atoms with Crippen molar-refractivity contribution in [3.63, 3.8) is 0 Å². The van der Waals surface area contributed by atoms with E-state index in [4.69, 9.17) is 14.2 Å². The molecule has 2 atom stereocenters. The van der Waals surface area contributed by atoms with Gasteiger partial charge in [0.1, 0.15) is 0 Å². The molecule has 6 heteroatoms. The molecule has 0 bridgehead atoms. The Kier molecular flexibility index (Phi) is 8.45. The van der Waals surface area contributed by atoms with Crippen molar-refractivity contribution in [2.24, 2.45) is 5.92 Å². The highest BCUT2D eigenvalue weighted by molar-refractivity contribution is 7.99. The maximum absolute atomic E-state index is 6.20. The van der Waals surface area contributed by atoms with Gasteiger partial charge < -0.3 is 19.1 Å². The van der Waals surface area contributed by atoms with Gasteiger partial charge in [0, 0.05) is 23.8 Å². The fraction of sp³-hybridized carbons (Fsp3) is 0.556. The summed E-state index contributed by atoms with van der Waals surface area (Å²) in [6.07, 6.45) is 2.57. The molecular weight excluding hydrogens is 432 g/mol. The maximum atomic E-state index is 6.20. The number of ether oxygens (including phenoxy) is 3. The van der Waals surface area contributed by atoms with Crippen LogP contribution in [0.2, 0.25) is 0 Å². The van der Waals surface area contributed by atoms with Crippen LogP contribution >= 0.6 is 11.8 Å². The minimum absolute atomic E-state index is 0.264. The first-order valence-electron chi connectivity index (χ1n) is 12.1. The Morgan fingerprint density at radius 2 is 1.73 bits per heavy atom. The molecule has 2 heterocycles. The first kappa shape index (κ1) is 24.2. The molecule has 0 saturated carbocycles. The number of methoxy groups -OCH3 is 2. The van der Waals surface area contributed by atoms with Gasteiger partial charge in [-0.2, -0.15) is 0 Å². The van der Waals surface area contributed by atoms with E-state index in [1.807, 2.05) is 17.8 Å². The molecular formula is C27H38N2O3S. The Labute approximate surface area is 203 Å². The lowest BCUT2D eigenvalue weighted by atomic mass is 10.0. The molecule has 33 heavy (non-hydrogen) atoms. The van der Waals surface area contributed by atoms with Crippen LogP contribution in [0.15, 0.2) is 47.4 Å². The Morgan fingerprint density at radius 3 is 2.45 bits per heavy atom. The van der Waals surface area contributed by atoms with Gasteiger partial charge in [-0.25, -0.2) is 0 Å². The lowest BCUT2D eigenvalue weighted by molar-refractivity contribution is 0.0563. The van der Waals surface area contributed by atoms with Crippen LogP contribution in [-0.2, 0) is 4.74 Å². The number of para-hydroxylation sites is 1. The highest BCUT2D eigenvalue weighted by Gasteiger charge is 2.33. The SMILES string of the molecule is COc1ccc(C2CSc3ccccc3N2CC(COCC(C)C)N2CCCC2)cc1OC. The number of anilines is 1. The molecule has 1 saturated heterocycles. The number of fused-ring (bicyclic) bond motifs is 1. The second-order valence-corrected chi connectivity index (χ2v) is 10.5. The summed E-state index contributed by atoms with van der Waals surface area (Å²) in [6, 6.07) is 15.8. The number of likely N-dealkylation sites (tertiary alicyclic amines) is 1. The average Bonchev–Trinajstić information content (AvgIpc) is 3.37. The van der Waals surface area contributed by atoms with Crippen molar-refractivity contribution >= 4 is 17.4 Å². The van der Waals surface area contributed by atoms with Crippen molar-refractivity contribution in [2.45, 2.75) is 43.7 Å². The summed E-state index contributed by atoms with van der Waals surface area (Å²) in [5, 5.41) is 0. The number of nitrogens with zero attached hydrogens (tertiary/aromatic N) is 2. The van der Waals surface area contributed by atoms with E-state index in [9.17, 15) is 0 Å². The van der Waals surface area contributed by atoms with Crippen molar-refractivity contribution in [1.82, 2.24) is 4.90 Å². The van der Waals surface area contributed by atoms with Crippen LogP contribution in [0.4, 0.5) is 5.69 Å². The number of hydrogen-bond donors (Lipinski definition) is 0. The summed E-state index contributed by atoms with van der Waals surface area (Å²) < 4.78 is 17.3.